The summed E-state index contributed by atoms with van der Waals surface area (Å²) in [6.45, 7) is 0. The van der Waals surface area contributed by atoms with Gasteiger partial charge in [-0.25, -0.2) is 0 Å². The summed E-state index contributed by atoms with van der Waals surface area (Å²) >= 11 is 12.1. The second kappa shape index (κ2) is 4.13. The fourth-order valence-electron chi connectivity index (χ4n) is 0.992. The SMILES string of the molecule is C[NH+](C)C(Cl)c1ccccc1Cl. The van der Waals surface area contributed by atoms with Crippen molar-refractivity contribution in [1.82, 2.24) is 0 Å². The number of rotatable bonds is 2. The normalized spacial score (nSPS) is 13.4. The third-order valence-corrected chi connectivity index (χ3v) is 2.70. The average molecular weight is 205 g/mol. The van der Waals surface area contributed by atoms with Gasteiger partial charge in [0, 0.05) is 5.56 Å². The van der Waals surface area contributed by atoms with Crippen LogP contribution in [0, 0.1) is 0 Å². The fraction of sp³-hybridized carbons (Fsp3) is 0.333. The van der Waals surface area contributed by atoms with Gasteiger partial charge in [-0.1, -0.05) is 41.4 Å². The van der Waals surface area contributed by atoms with E-state index in [0.29, 0.717) is 0 Å². The van der Waals surface area contributed by atoms with E-state index in [1.165, 1.54) is 0 Å². The van der Waals surface area contributed by atoms with Crippen LogP contribution < -0.4 is 4.90 Å². The maximum Gasteiger partial charge on any atom is 0.190 e. The Morgan fingerprint density at radius 3 is 2.33 bits per heavy atom. The molecule has 12 heavy (non-hydrogen) atoms. The summed E-state index contributed by atoms with van der Waals surface area (Å²) in [5.41, 5.74) is 0.916. The van der Waals surface area contributed by atoms with Crippen molar-refractivity contribution in [2.45, 2.75) is 5.50 Å². The molecule has 0 amide bonds. The average Bonchev–Trinajstić information content (AvgIpc) is 2.04. The highest BCUT2D eigenvalue weighted by atomic mass is 35.5. The molecule has 1 nitrogen and oxygen atoms in total. The predicted octanol–water partition coefficient (Wildman–Crippen LogP) is 1.72. The Morgan fingerprint density at radius 1 is 1.25 bits per heavy atom. The lowest BCUT2D eigenvalue weighted by atomic mass is 10.2. The third kappa shape index (κ3) is 2.13. The van der Waals surface area contributed by atoms with Gasteiger partial charge in [0.2, 0.25) is 0 Å². The first-order chi connectivity index (χ1) is 5.63. The summed E-state index contributed by atoms with van der Waals surface area (Å²) in [7, 11) is 4.00. The van der Waals surface area contributed by atoms with Crippen LogP contribution in [-0.4, -0.2) is 14.1 Å². The summed E-state index contributed by atoms with van der Waals surface area (Å²) in [5.74, 6) is 0. The molecule has 0 bridgehead atoms. The number of quaternary nitrogens is 1. The monoisotopic (exact) mass is 204 g/mol. The molecule has 0 aliphatic rings. The van der Waals surface area contributed by atoms with Crippen molar-refractivity contribution in [3.05, 3.63) is 34.9 Å². The van der Waals surface area contributed by atoms with Gasteiger partial charge in [0.05, 0.1) is 19.1 Å². The van der Waals surface area contributed by atoms with Crippen LogP contribution in [0.4, 0.5) is 0 Å². The minimum atomic E-state index is -0.0706. The molecule has 0 aliphatic carbocycles. The van der Waals surface area contributed by atoms with Gasteiger partial charge in [0.25, 0.3) is 0 Å². The van der Waals surface area contributed by atoms with Gasteiger partial charge in [-0.15, -0.1) is 0 Å². The Labute approximate surface area is 82.9 Å². The Balaban J connectivity index is 2.94. The molecule has 0 aliphatic heterocycles. The summed E-state index contributed by atoms with van der Waals surface area (Å²) in [5, 5.41) is 0.735. The highest BCUT2D eigenvalue weighted by Gasteiger charge is 2.15. The van der Waals surface area contributed by atoms with Gasteiger partial charge in [-0.3, -0.25) is 0 Å². The topological polar surface area (TPSA) is 4.44 Å². The minimum absolute atomic E-state index is 0.0706. The van der Waals surface area contributed by atoms with Gasteiger partial charge in [0.15, 0.2) is 5.50 Å². The van der Waals surface area contributed by atoms with Gasteiger partial charge in [-0.05, 0) is 6.07 Å². The largest absolute Gasteiger partial charge is 0.321 e. The number of benzene rings is 1. The van der Waals surface area contributed by atoms with E-state index in [9.17, 15) is 0 Å². The first kappa shape index (κ1) is 9.85. The van der Waals surface area contributed by atoms with Crippen molar-refractivity contribution in [3.63, 3.8) is 0 Å². The van der Waals surface area contributed by atoms with Crippen LogP contribution in [0.2, 0.25) is 5.02 Å². The molecule has 0 saturated carbocycles. The predicted molar refractivity (Wildman–Crippen MR) is 52.9 cm³/mol. The van der Waals surface area contributed by atoms with E-state index in [1.54, 1.807) is 0 Å². The molecule has 66 valence electrons. The zero-order chi connectivity index (χ0) is 9.14. The standard InChI is InChI=1S/C9H11Cl2N/c1-12(2)9(11)7-5-3-4-6-8(7)10/h3-6,9H,1-2H3/p+1. The van der Waals surface area contributed by atoms with Crippen molar-refractivity contribution >= 4 is 23.2 Å². The van der Waals surface area contributed by atoms with Gasteiger partial charge in [-0.2, -0.15) is 0 Å². The number of halogens is 2. The van der Waals surface area contributed by atoms with Gasteiger partial charge < -0.3 is 4.90 Å². The molecule has 1 unspecified atom stereocenters. The van der Waals surface area contributed by atoms with Crippen molar-refractivity contribution < 1.29 is 4.90 Å². The smallest absolute Gasteiger partial charge is 0.190 e. The van der Waals surface area contributed by atoms with Crippen LogP contribution in [0.25, 0.3) is 0 Å². The number of nitrogens with one attached hydrogen (secondary N) is 1. The fourth-order valence-corrected chi connectivity index (χ4v) is 1.48. The zero-order valence-corrected chi connectivity index (χ0v) is 8.65. The Hall–Kier alpha value is -0.240. The number of hydrogen-bond acceptors (Lipinski definition) is 0. The zero-order valence-electron chi connectivity index (χ0n) is 7.14. The molecule has 0 heterocycles. The molecular weight excluding hydrogens is 193 g/mol. The van der Waals surface area contributed by atoms with Crippen molar-refractivity contribution in [1.29, 1.82) is 0 Å². The van der Waals surface area contributed by atoms with Crippen LogP contribution in [-0.2, 0) is 0 Å². The van der Waals surface area contributed by atoms with Crippen molar-refractivity contribution in [2.24, 2.45) is 0 Å². The second-order valence-electron chi connectivity index (χ2n) is 2.96. The Bertz CT molecular complexity index is 260. The van der Waals surface area contributed by atoms with Crippen LogP contribution in [0.15, 0.2) is 24.3 Å². The minimum Gasteiger partial charge on any atom is -0.321 e. The highest BCUT2D eigenvalue weighted by Crippen LogP contribution is 2.22. The van der Waals surface area contributed by atoms with E-state index >= 15 is 0 Å². The van der Waals surface area contributed by atoms with E-state index in [0.717, 1.165) is 15.5 Å². The van der Waals surface area contributed by atoms with Crippen molar-refractivity contribution in [2.75, 3.05) is 14.1 Å². The first-order valence-electron chi connectivity index (χ1n) is 3.81. The van der Waals surface area contributed by atoms with Gasteiger partial charge >= 0.3 is 0 Å². The summed E-state index contributed by atoms with van der Waals surface area (Å²) in [6.07, 6.45) is 0. The maximum absolute atomic E-state index is 6.12. The van der Waals surface area contributed by atoms with E-state index in [-0.39, 0.29) is 5.50 Å². The number of hydrogen-bond donors (Lipinski definition) is 1. The maximum atomic E-state index is 6.12. The van der Waals surface area contributed by atoms with Crippen LogP contribution in [0.5, 0.6) is 0 Å². The molecule has 0 fully saturated rings. The third-order valence-electron chi connectivity index (χ3n) is 1.69. The Morgan fingerprint density at radius 2 is 1.83 bits per heavy atom. The van der Waals surface area contributed by atoms with E-state index in [4.69, 9.17) is 23.2 Å². The molecule has 1 aromatic carbocycles. The van der Waals surface area contributed by atoms with E-state index < -0.39 is 0 Å². The lowest BCUT2D eigenvalue weighted by molar-refractivity contribution is -0.877. The highest BCUT2D eigenvalue weighted by molar-refractivity contribution is 6.32. The van der Waals surface area contributed by atoms with Crippen molar-refractivity contribution in [3.8, 4) is 0 Å². The summed E-state index contributed by atoms with van der Waals surface area (Å²) in [6, 6.07) is 7.65. The lowest BCUT2D eigenvalue weighted by Crippen LogP contribution is -3.05. The molecule has 1 atom stereocenters. The molecule has 0 saturated heterocycles. The Kier molecular flexibility index (Phi) is 3.39. The van der Waals surface area contributed by atoms with Crippen LogP contribution in [0.3, 0.4) is 0 Å². The molecule has 1 rings (SSSR count). The molecule has 1 aromatic rings. The lowest BCUT2D eigenvalue weighted by Gasteiger charge is -2.15. The van der Waals surface area contributed by atoms with Gasteiger partial charge in [0.1, 0.15) is 0 Å². The molecule has 0 radical (unpaired) electrons. The second-order valence-corrected chi connectivity index (χ2v) is 3.81. The number of alkyl halides is 1. The summed E-state index contributed by atoms with van der Waals surface area (Å²) in [4.78, 5) is 1.16. The molecule has 1 N–H and O–H groups in total. The quantitative estimate of drug-likeness (QED) is 0.553. The first-order valence-corrected chi connectivity index (χ1v) is 4.63. The van der Waals surface area contributed by atoms with E-state index in [1.807, 2.05) is 38.4 Å². The van der Waals surface area contributed by atoms with E-state index in [2.05, 4.69) is 0 Å². The molecule has 0 aromatic heterocycles. The molecular formula is C9H12Cl2N+. The summed E-state index contributed by atoms with van der Waals surface area (Å²) < 4.78 is 0. The van der Waals surface area contributed by atoms with Crippen LogP contribution >= 0.6 is 23.2 Å². The molecule has 3 heteroatoms. The van der Waals surface area contributed by atoms with Crippen LogP contribution in [0.1, 0.15) is 11.1 Å². The molecule has 0 spiro atoms.